The Hall–Kier alpha value is -0.0700. The second kappa shape index (κ2) is 7.09. The van der Waals surface area contributed by atoms with E-state index in [0.29, 0.717) is 12.6 Å². The summed E-state index contributed by atoms with van der Waals surface area (Å²) in [5.41, 5.74) is 0.117. The van der Waals surface area contributed by atoms with Crippen molar-refractivity contribution in [1.29, 1.82) is 0 Å². The van der Waals surface area contributed by atoms with E-state index in [0.717, 1.165) is 37.6 Å². The standard InChI is InChI=1S/C12H19N3OS.2ClH/c16-9-12-2-1-4-13-10(12)8-15(6-3-12)11-14-5-7-17-11;;/h5,7,10,13,16H,1-4,6,8-9H2;2*1H/t10-,12-;;/m1../s1. The lowest BCUT2D eigenvalue weighted by molar-refractivity contribution is 0.0339. The molecule has 3 rings (SSSR count). The summed E-state index contributed by atoms with van der Waals surface area (Å²) in [5, 5.41) is 16.4. The van der Waals surface area contributed by atoms with Crippen molar-refractivity contribution in [2.24, 2.45) is 5.41 Å². The fraction of sp³-hybridized carbons (Fsp3) is 0.750. The van der Waals surface area contributed by atoms with Crippen LogP contribution >= 0.6 is 36.2 Å². The van der Waals surface area contributed by atoms with Crippen molar-refractivity contribution in [2.45, 2.75) is 25.3 Å². The number of fused-ring (bicyclic) bond motifs is 1. The van der Waals surface area contributed by atoms with Gasteiger partial charge in [0, 0.05) is 36.1 Å². The molecule has 0 unspecified atom stereocenters. The number of halogens is 2. The second-order valence-corrected chi connectivity index (χ2v) is 6.01. The number of aliphatic hydroxyl groups is 1. The molecule has 1 aromatic rings. The number of thiazole rings is 1. The van der Waals surface area contributed by atoms with Crippen molar-refractivity contribution in [1.82, 2.24) is 10.3 Å². The van der Waals surface area contributed by atoms with Gasteiger partial charge in [-0.05, 0) is 25.8 Å². The van der Waals surface area contributed by atoms with Crippen molar-refractivity contribution in [3.8, 4) is 0 Å². The van der Waals surface area contributed by atoms with E-state index < -0.39 is 0 Å². The molecule has 110 valence electrons. The molecule has 2 atom stereocenters. The van der Waals surface area contributed by atoms with Crippen LogP contribution in [0.15, 0.2) is 11.6 Å². The lowest BCUT2D eigenvalue weighted by atomic mass is 9.70. The quantitative estimate of drug-likeness (QED) is 0.872. The first kappa shape index (κ1) is 17.0. The molecule has 2 aliphatic heterocycles. The fourth-order valence-electron chi connectivity index (χ4n) is 3.15. The van der Waals surface area contributed by atoms with Crippen LogP contribution < -0.4 is 10.2 Å². The third-order valence-corrected chi connectivity index (χ3v) is 5.10. The molecule has 0 spiro atoms. The molecule has 0 aromatic carbocycles. The van der Waals surface area contributed by atoms with Crippen molar-refractivity contribution in [3.05, 3.63) is 11.6 Å². The van der Waals surface area contributed by atoms with Gasteiger partial charge in [-0.2, -0.15) is 0 Å². The van der Waals surface area contributed by atoms with E-state index in [-0.39, 0.29) is 30.2 Å². The zero-order valence-electron chi connectivity index (χ0n) is 10.7. The Kier molecular flexibility index (Phi) is 6.33. The SMILES string of the molecule is Cl.Cl.OC[C@]12CCCN[C@@H]1CN(c1nccs1)CC2. The van der Waals surface area contributed by atoms with Gasteiger partial charge in [0.15, 0.2) is 5.13 Å². The number of nitrogens with one attached hydrogen (secondary N) is 1. The Morgan fingerprint density at radius 2 is 2.32 bits per heavy atom. The van der Waals surface area contributed by atoms with Crippen LogP contribution in [0.25, 0.3) is 0 Å². The molecule has 0 bridgehead atoms. The molecule has 2 fully saturated rings. The van der Waals surface area contributed by atoms with Crippen LogP contribution in [0.1, 0.15) is 19.3 Å². The highest BCUT2D eigenvalue weighted by molar-refractivity contribution is 7.13. The maximum Gasteiger partial charge on any atom is 0.185 e. The van der Waals surface area contributed by atoms with E-state index >= 15 is 0 Å². The predicted octanol–water partition coefficient (Wildman–Crippen LogP) is 1.93. The largest absolute Gasteiger partial charge is 0.396 e. The maximum absolute atomic E-state index is 9.72. The van der Waals surface area contributed by atoms with Gasteiger partial charge in [-0.1, -0.05) is 0 Å². The van der Waals surface area contributed by atoms with Crippen LogP contribution in [0.4, 0.5) is 5.13 Å². The topological polar surface area (TPSA) is 48.4 Å². The molecule has 0 aliphatic carbocycles. The molecule has 2 saturated heterocycles. The molecule has 0 amide bonds. The number of anilines is 1. The Morgan fingerprint density at radius 1 is 1.47 bits per heavy atom. The predicted molar refractivity (Wildman–Crippen MR) is 84.0 cm³/mol. The van der Waals surface area contributed by atoms with Crippen molar-refractivity contribution >= 4 is 41.3 Å². The average Bonchev–Trinajstić information content (AvgIpc) is 2.92. The van der Waals surface area contributed by atoms with Gasteiger partial charge in [-0.25, -0.2) is 4.98 Å². The van der Waals surface area contributed by atoms with Gasteiger partial charge in [0.2, 0.25) is 0 Å². The minimum atomic E-state index is 0. The third kappa shape index (κ3) is 3.16. The molecule has 2 N–H and O–H groups in total. The van der Waals surface area contributed by atoms with Crippen molar-refractivity contribution in [2.75, 3.05) is 31.1 Å². The summed E-state index contributed by atoms with van der Waals surface area (Å²) in [5.74, 6) is 0. The van der Waals surface area contributed by atoms with Crippen LogP contribution in [-0.4, -0.2) is 42.4 Å². The zero-order chi connectivity index (χ0) is 11.7. The summed E-state index contributed by atoms with van der Waals surface area (Å²) in [6.45, 7) is 3.40. The molecular formula is C12H21Cl2N3OS. The number of piperidine rings is 2. The molecule has 0 radical (unpaired) electrons. The monoisotopic (exact) mass is 325 g/mol. The molecule has 4 nitrogen and oxygen atoms in total. The molecule has 7 heteroatoms. The Balaban J connectivity index is 0.000000902. The smallest absolute Gasteiger partial charge is 0.185 e. The fourth-order valence-corrected chi connectivity index (χ4v) is 3.83. The van der Waals surface area contributed by atoms with Gasteiger partial charge in [0.1, 0.15) is 0 Å². The van der Waals surface area contributed by atoms with Crippen LogP contribution in [0.5, 0.6) is 0 Å². The summed E-state index contributed by atoms with van der Waals surface area (Å²) in [7, 11) is 0. The van der Waals surface area contributed by atoms with Gasteiger partial charge in [0.05, 0.1) is 6.61 Å². The first-order valence-corrected chi connectivity index (χ1v) is 7.21. The first-order chi connectivity index (χ1) is 8.34. The van der Waals surface area contributed by atoms with Gasteiger partial charge in [0.25, 0.3) is 0 Å². The van der Waals surface area contributed by atoms with Gasteiger partial charge in [-0.3, -0.25) is 0 Å². The summed E-state index contributed by atoms with van der Waals surface area (Å²) >= 11 is 1.70. The van der Waals surface area contributed by atoms with Gasteiger partial charge in [-0.15, -0.1) is 36.2 Å². The Morgan fingerprint density at radius 3 is 3.00 bits per heavy atom. The number of hydrogen-bond acceptors (Lipinski definition) is 5. The van der Waals surface area contributed by atoms with E-state index in [1.807, 2.05) is 11.6 Å². The second-order valence-electron chi connectivity index (χ2n) is 5.14. The van der Waals surface area contributed by atoms with Crippen LogP contribution in [0.3, 0.4) is 0 Å². The number of aromatic nitrogens is 1. The molecule has 1 aromatic heterocycles. The first-order valence-electron chi connectivity index (χ1n) is 6.33. The summed E-state index contributed by atoms with van der Waals surface area (Å²) in [4.78, 5) is 6.73. The van der Waals surface area contributed by atoms with Gasteiger partial charge >= 0.3 is 0 Å². The number of hydrogen-bond donors (Lipinski definition) is 2. The lowest BCUT2D eigenvalue weighted by Gasteiger charge is -2.50. The normalized spacial score (nSPS) is 29.9. The van der Waals surface area contributed by atoms with Crippen LogP contribution in [-0.2, 0) is 0 Å². The molecule has 3 heterocycles. The van der Waals surface area contributed by atoms with E-state index in [1.54, 1.807) is 11.3 Å². The van der Waals surface area contributed by atoms with E-state index in [9.17, 15) is 5.11 Å². The highest BCUT2D eigenvalue weighted by Crippen LogP contribution is 2.39. The van der Waals surface area contributed by atoms with Crippen molar-refractivity contribution < 1.29 is 5.11 Å². The summed E-state index contributed by atoms with van der Waals surface area (Å²) in [6, 6.07) is 0.416. The molecule has 2 aliphatic rings. The minimum Gasteiger partial charge on any atom is -0.396 e. The molecule has 0 saturated carbocycles. The number of nitrogens with zero attached hydrogens (tertiary/aromatic N) is 2. The minimum absolute atomic E-state index is 0. The highest BCUT2D eigenvalue weighted by atomic mass is 35.5. The number of rotatable bonds is 2. The maximum atomic E-state index is 9.72. The third-order valence-electron chi connectivity index (χ3n) is 4.27. The Labute approximate surface area is 130 Å². The highest BCUT2D eigenvalue weighted by Gasteiger charge is 2.44. The molecule has 19 heavy (non-hydrogen) atoms. The van der Waals surface area contributed by atoms with Crippen LogP contribution in [0.2, 0.25) is 0 Å². The molecular weight excluding hydrogens is 305 g/mol. The Bertz CT molecular complexity index is 379. The van der Waals surface area contributed by atoms with E-state index in [4.69, 9.17) is 0 Å². The van der Waals surface area contributed by atoms with Crippen LogP contribution in [0, 0.1) is 5.41 Å². The zero-order valence-corrected chi connectivity index (χ0v) is 13.2. The summed E-state index contributed by atoms with van der Waals surface area (Å²) in [6.07, 6.45) is 5.28. The van der Waals surface area contributed by atoms with Crippen molar-refractivity contribution in [3.63, 3.8) is 0 Å². The van der Waals surface area contributed by atoms with Gasteiger partial charge < -0.3 is 15.3 Å². The summed E-state index contributed by atoms with van der Waals surface area (Å²) < 4.78 is 0. The van der Waals surface area contributed by atoms with E-state index in [1.165, 1.54) is 6.42 Å². The lowest BCUT2D eigenvalue weighted by Crippen LogP contribution is -2.61. The average molecular weight is 326 g/mol. The van der Waals surface area contributed by atoms with E-state index in [2.05, 4.69) is 15.2 Å². The number of aliphatic hydroxyl groups excluding tert-OH is 1.